The standard InChI is InChI=1S/C28H28N2O4S2/c1-36(33,34)30-13-4-5-19-16-21(10-11-23(19)30)28(32)29-14-12-20-17-26(25(31)15-18-8-9-18)35-27(20)22-6-2-3-7-24(22)29/h2-3,6-7,10-11,16-18H,4-5,8-9,12-15H2,1H3. The van der Waals surface area contributed by atoms with Crippen LogP contribution in [0.3, 0.4) is 0 Å². The third-order valence-electron chi connectivity index (χ3n) is 7.35. The van der Waals surface area contributed by atoms with Crippen molar-refractivity contribution >= 4 is 44.4 Å². The van der Waals surface area contributed by atoms with Gasteiger partial charge in [-0.3, -0.25) is 13.9 Å². The Morgan fingerprint density at radius 2 is 1.78 bits per heavy atom. The van der Waals surface area contributed by atoms with E-state index < -0.39 is 10.0 Å². The van der Waals surface area contributed by atoms with E-state index >= 15 is 0 Å². The highest BCUT2D eigenvalue weighted by Crippen LogP contribution is 2.43. The largest absolute Gasteiger partial charge is 0.307 e. The first kappa shape index (κ1) is 23.4. The van der Waals surface area contributed by atoms with Crippen LogP contribution in [0, 0.1) is 5.92 Å². The van der Waals surface area contributed by atoms with E-state index in [1.807, 2.05) is 41.3 Å². The fourth-order valence-corrected chi connectivity index (χ4v) is 7.51. The molecule has 8 heteroatoms. The van der Waals surface area contributed by atoms with E-state index in [0.717, 1.165) is 57.8 Å². The number of fused-ring (bicyclic) bond motifs is 4. The number of hydrogen-bond acceptors (Lipinski definition) is 5. The van der Waals surface area contributed by atoms with Crippen molar-refractivity contribution in [3.8, 4) is 10.4 Å². The van der Waals surface area contributed by atoms with Gasteiger partial charge in [0, 0.05) is 35.5 Å². The second-order valence-corrected chi connectivity index (χ2v) is 13.0. The molecule has 6 nitrogen and oxygen atoms in total. The predicted octanol–water partition coefficient (Wildman–Crippen LogP) is 5.31. The summed E-state index contributed by atoms with van der Waals surface area (Å²) in [5.74, 6) is 0.695. The average Bonchev–Trinajstić information content (AvgIpc) is 3.61. The van der Waals surface area contributed by atoms with E-state index in [0.29, 0.717) is 43.1 Å². The van der Waals surface area contributed by atoms with Crippen LogP contribution < -0.4 is 9.21 Å². The van der Waals surface area contributed by atoms with Crippen molar-refractivity contribution in [3.05, 3.63) is 70.1 Å². The molecule has 0 saturated heterocycles. The lowest BCUT2D eigenvalue weighted by Crippen LogP contribution is -2.35. The number of carbonyl (C=O) groups excluding carboxylic acids is 2. The molecule has 0 spiro atoms. The summed E-state index contributed by atoms with van der Waals surface area (Å²) in [6, 6.07) is 15.3. The second kappa shape index (κ2) is 8.85. The zero-order valence-electron chi connectivity index (χ0n) is 20.2. The summed E-state index contributed by atoms with van der Waals surface area (Å²) < 4.78 is 25.9. The number of aryl methyl sites for hydroxylation is 1. The Labute approximate surface area is 215 Å². The van der Waals surface area contributed by atoms with Crippen molar-refractivity contribution in [1.29, 1.82) is 0 Å². The van der Waals surface area contributed by atoms with Crippen molar-refractivity contribution < 1.29 is 18.0 Å². The van der Waals surface area contributed by atoms with Gasteiger partial charge in [0.05, 0.1) is 22.5 Å². The summed E-state index contributed by atoms with van der Waals surface area (Å²) in [6.07, 6.45) is 6.33. The van der Waals surface area contributed by atoms with Gasteiger partial charge in [0.2, 0.25) is 10.0 Å². The minimum absolute atomic E-state index is 0.0954. The van der Waals surface area contributed by atoms with E-state index in [-0.39, 0.29) is 11.7 Å². The molecule has 0 bridgehead atoms. The van der Waals surface area contributed by atoms with Gasteiger partial charge in [0.1, 0.15) is 0 Å². The van der Waals surface area contributed by atoms with Gasteiger partial charge in [-0.05, 0) is 79.5 Å². The number of thiophene rings is 1. The maximum Gasteiger partial charge on any atom is 0.258 e. The summed E-state index contributed by atoms with van der Waals surface area (Å²) in [4.78, 5) is 30.3. The zero-order chi connectivity index (χ0) is 25.0. The number of hydrogen-bond donors (Lipinski definition) is 0. The van der Waals surface area contributed by atoms with Gasteiger partial charge in [-0.2, -0.15) is 0 Å². The van der Waals surface area contributed by atoms with Gasteiger partial charge >= 0.3 is 0 Å². The van der Waals surface area contributed by atoms with Crippen LogP contribution in [0.4, 0.5) is 11.4 Å². The number of ketones is 1. The van der Waals surface area contributed by atoms with Gasteiger partial charge in [-0.1, -0.05) is 18.2 Å². The van der Waals surface area contributed by atoms with Crippen molar-refractivity contribution in [2.75, 3.05) is 28.6 Å². The molecular formula is C28H28N2O4S2. The molecule has 186 valence electrons. The Hall–Kier alpha value is -2.97. The van der Waals surface area contributed by atoms with E-state index in [1.54, 1.807) is 23.5 Å². The first-order chi connectivity index (χ1) is 17.3. The molecule has 1 fully saturated rings. The number of amides is 1. The lowest BCUT2D eigenvalue weighted by atomic mass is 10.00. The molecule has 6 rings (SSSR count). The van der Waals surface area contributed by atoms with Crippen molar-refractivity contribution in [3.63, 3.8) is 0 Å². The molecule has 0 unspecified atom stereocenters. The zero-order valence-corrected chi connectivity index (χ0v) is 21.8. The molecule has 0 N–H and O–H groups in total. The Bertz CT molecular complexity index is 1490. The van der Waals surface area contributed by atoms with Gasteiger partial charge in [0.15, 0.2) is 5.78 Å². The van der Waals surface area contributed by atoms with Gasteiger partial charge in [0.25, 0.3) is 5.91 Å². The lowest BCUT2D eigenvalue weighted by molar-refractivity contribution is 0.0974. The maximum absolute atomic E-state index is 13.8. The predicted molar refractivity (Wildman–Crippen MR) is 144 cm³/mol. The summed E-state index contributed by atoms with van der Waals surface area (Å²) >= 11 is 1.55. The quantitative estimate of drug-likeness (QED) is 0.427. The number of benzene rings is 2. The number of carbonyl (C=O) groups is 2. The fraction of sp³-hybridized carbons (Fsp3) is 0.357. The summed E-state index contributed by atoms with van der Waals surface area (Å²) in [5, 5.41) is 0. The SMILES string of the molecule is CS(=O)(=O)N1CCCc2cc(C(=O)N3CCc4cc(C(=O)CC5CC5)sc4-c4ccccc43)ccc21. The third-order valence-corrected chi connectivity index (χ3v) is 9.78. The van der Waals surface area contributed by atoms with Crippen molar-refractivity contribution in [1.82, 2.24) is 0 Å². The molecule has 2 aliphatic heterocycles. The Balaban J connectivity index is 1.33. The van der Waals surface area contributed by atoms with Crippen LogP contribution in [0.1, 0.15) is 56.8 Å². The average molecular weight is 521 g/mol. The van der Waals surface area contributed by atoms with Crippen LogP contribution >= 0.6 is 11.3 Å². The normalized spacial score (nSPS) is 17.1. The van der Waals surface area contributed by atoms with E-state index in [9.17, 15) is 18.0 Å². The van der Waals surface area contributed by atoms with Crippen LogP contribution in [0.25, 0.3) is 10.4 Å². The molecule has 0 atom stereocenters. The first-order valence-corrected chi connectivity index (χ1v) is 15.1. The van der Waals surface area contributed by atoms with E-state index in [4.69, 9.17) is 0 Å². The minimum Gasteiger partial charge on any atom is -0.307 e. The highest BCUT2D eigenvalue weighted by Gasteiger charge is 2.31. The maximum atomic E-state index is 13.8. The van der Waals surface area contributed by atoms with Crippen LogP contribution in [-0.2, 0) is 22.9 Å². The smallest absolute Gasteiger partial charge is 0.258 e. The second-order valence-electron chi connectivity index (χ2n) is 10.0. The summed E-state index contributed by atoms with van der Waals surface area (Å²) in [5.41, 5.74) is 5.07. The molecule has 3 aromatic rings. The van der Waals surface area contributed by atoms with Crippen LogP contribution in [0.5, 0.6) is 0 Å². The molecule has 0 radical (unpaired) electrons. The van der Waals surface area contributed by atoms with Crippen LogP contribution in [-0.4, -0.2) is 39.5 Å². The third kappa shape index (κ3) is 4.26. The summed E-state index contributed by atoms with van der Waals surface area (Å²) in [6.45, 7) is 0.981. The topological polar surface area (TPSA) is 74.8 Å². The molecule has 3 aliphatic rings. The number of anilines is 2. The van der Waals surface area contributed by atoms with Crippen molar-refractivity contribution in [2.45, 2.75) is 38.5 Å². The lowest BCUT2D eigenvalue weighted by Gasteiger charge is -2.30. The Kier molecular flexibility index (Phi) is 5.76. The highest BCUT2D eigenvalue weighted by molar-refractivity contribution is 7.92. The van der Waals surface area contributed by atoms with Crippen LogP contribution in [0.2, 0.25) is 0 Å². The molecular weight excluding hydrogens is 492 g/mol. The molecule has 3 heterocycles. The van der Waals surface area contributed by atoms with E-state index in [2.05, 4.69) is 0 Å². The van der Waals surface area contributed by atoms with Crippen molar-refractivity contribution in [2.24, 2.45) is 5.92 Å². The number of para-hydroxylation sites is 1. The fourth-order valence-electron chi connectivity index (χ4n) is 5.33. The Morgan fingerprint density at radius 1 is 0.972 bits per heavy atom. The number of rotatable bonds is 5. The molecule has 36 heavy (non-hydrogen) atoms. The number of sulfonamides is 1. The van der Waals surface area contributed by atoms with E-state index in [1.165, 1.54) is 10.6 Å². The number of Topliss-reactive ketones (excluding diaryl/α,β-unsaturated/α-hetero) is 1. The molecule has 1 aromatic heterocycles. The number of nitrogens with zero attached hydrogens (tertiary/aromatic N) is 2. The first-order valence-electron chi connectivity index (χ1n) is 12.5. The highest BCUT2D eigenvalue weighted by atomic mass is 32.2. The van der Waals surface area contributed by atoms with Gasteiger partial charge in [-0.15, -0.1) is 11.3 Å². The van der Waals surface area contributed by atoms with Crippen LogP contribution in [0.15, 0.2) is 48.5 Å². The molecule has 1 amide bonds. The Morgan fingerprint density at radius 3 is 2.56 bits per heavy atom. The van der Waals surface area contributed by atoms with Gasteiger partial charge < -0.3 is 4.90 Å². The molecule has 2 aromatic carbocycles. The molecule has 1 aliphatic carbocycles. The monoisotopic (exact) mass is 520 g/mol. The summed E-state index contributed by atoms with van der Waals surface area (Å²) in [7, 11) is -3.36. The molecule has 1 saturated carbocycles. The minimum atomic E-state index is -3.36. The van der Waals surface area contributed by atoms with Gasteiger partial charge in [-0.25, -0.2) is 8.42 Å².